The summed E-state index contributed by atoms with van der Waals surface area (Å²) in [6, 6.07) is 7.05. The molecule has 1 aliphatic heterocycles. The van der Waals surface area contributed by atoms with Gasteiger partial charge in [-0.05, 0) is 30.2 Å². The van der Waals surface area contributed by atoms with Crippen LogP contribution in [0.1, 0.15) is 42.2 Å². The summed E-state index contributed by atoms with van der Waals surface area (Å²) >= 11 is 5.92. The quantitative estimate of drug-likeness (QED) is 0.884. The molecule has 26 heavy (non-hydrogen) atoms. The number of halogens is 2. The summed E-state index contributed by atoms with van der Waals surface area (Å²) in [5.41, 5.74) is -0.600. The van der Waals surface area contributed by atoms with Crippen LogP contribution in [0.2, 0.25) is 5.02 Å². The van der Waals surface area contributed by atoms with E-state index in [-0.39, 0.29) is 18.9 Å². The van der Waals surface area contributed by atoms with Crippen LogP contribution in [-0.2, 0) is 4.79 Å². The number of nitrogens with zero attached hydrogens (tertiary/aromatic N) is 3. The highest BCUT2D eigenvalue weighted by Gasteiger charge is 2.47. The van der Waals surface area contributed by atoms with E-state index in [0.717, 1.165) is 5.69 Å². The number of hydrogen-bond acceptors (Lipinski definition) is 3. The number of aliphatic carboxylic acids is 1. The molecule has 2 aromatic rings. The highest BCUT2D eigenvalue weighted by molar-refractivity contribution is 6.30. The Morgan fingerprint density at radius 1 is 1.31 bits per heavy atom. The van der Waals surface area contributed by atoms with Crippen LogP contribution in [0.5, 0.6) is 0 Å². The second-order valence-electron chi connectivity index (χ2n) is 6.73. The number of rotatable bonds is 4. The Bertz CT molecular complexity index is 850. The van der Waals surface area contributed by atoms with Crippen molar-refractivity contribution < 1.29 is 19.1 Å². The molecule has 1 amide bonds. The molecular formula is C18H19ClFN3O3. The maximum atomic E-state index is 14.3. The molecule has 2 heterocycles. The van der Waals surface area contributed by atoms with E-state index in [9.17, 15) is 14.0 Å². The Balaban J connectivity index is 1.95. The summed E-state index contributed by atoms with van der Waals surface area (Å²) < 4.78 is 16.0. The number of carbonyl (C=O) groups excluding carboxylic acids is 1. The van der Waals surface area contributed by atoms with Gasteiger partial charge in [0.15, 0.2) is 0 Å². The Morgan fingerprint density at radius 3 is 2.50 bits per heavy atom. The van der Waals surface area contributed by atoms with Crippen molar-refractivity contribution in [3.8, 4) is 5.69 Å². The fourth-order valence-electron chi connectivity index (χ4n) is 3.16. The van der Waals surface area contributed by atoms with E-state index in [0.29, 0.717) is 16.3 Å². The van der Waals surface area contributed by atoms with E-state index in [4.69, 9.17) is 16.7 Å². The topological polar surface area (TPSA) is 75.4 Å². The molecule has 0 radical (unpaired) electrons. The van der Waals surface area contributed by atoms with Gasteiger partial charge in [-0.15, -0.1) is 0 Å². The summed E-state index contributed by atoms with van der Waals surface area (Å²) in [5, 5.41) is 13.9. The van der Waals surface area contributed by atoms with Crippen molar-refractivity contribution in [2.45, 2.75) is 31.9 Å². The number of alkyl halides is 1. The molecule has 0 aliphatic carbocycles. The molecular weight excluding hydrogens is 361 g/mol. The minimum Gasteiger partial charge on any atom is -0.479 e. The molecule has 1 aromatic heterocycles. The highest BCUT2D eigenvalue weighted by atomic mass is 35.5. The predicted molar refractivity (Wildman–Crippen MR) is 94.7 cm³/mol. The molecule has 6 nitrogen and oxygen atoms in total. The molecule has 0 saturated carbocycles. The average molecular weight is 380 g/mol. The first-order chi connectivity index (χ1) is 12.2. The first-order valence-corrected chi connectivity index (χ1v) is 8.66. The second kappa shape index (κ2) is 6.72. The van der Waals surface area contributed by atoms with Gasteiger partial charge < -0.3 is 10.0 Å². The van der Waals surface area contributed by atoms with Crippen molar-refractivity contribution in [3.63, 3.8) is 0 Å². The number of carboxylic acid groups (broad SMARTS) is 1. The lowest BCUT2D eigenvalue weighted by molar-refractivity contribution is -0.149. The number of amides is 1. The monoisotopic (exact) mass is 379 g/mol. The van der Waals surface area contributed by atoms with Gasteiger partial charge in [-0.3, -0.25) is 4.79 Å². The summed E-state index contributed by atoms with van der Waals surface area (Å²) in [5.74, 6) is -1.97. The zero-order chi connectivity index (χ0) is 19.1. The van der Waals surface area contributed by atoms with Gasteiger partial charge >= 0.3 is 5.97 Å². The lowest BCUT2D eigenvalue weighted by Gasteiger charge is -2.19. The molecule has 138 valence electrons. The van der Waals surface area contributed by atoms with Crippen molar-refractivity contribution in [2.75, 3.05) is 13.1 Å². The minimum absolute atomic E-state index is 0.0238. The molecule has 8 heteroatoms. The molecule has 1 saturated heterocycles. The zero-order valence-electron chi connectivity index (χ0n) is 14.4. The third-order valence-electron chi connectivity index (χ3n) is 4.54. The SMILES string of the molecule is CC(C)c1c(C(=O)N2CCC(F)(C(=O)O)C2)cnn1-c1ccc(Cl)cc1. The van der Waals surface area contributed by atoms with Crippen molar-refractivity contribution in [3.05, 3.63) is 46.7 Å². The van der Waals surface area contributed by atoms with Crippen LogP contribution in [0.25, 0.3) is 5.69 Å². The van der Waals surface area contributed by atoms with Gasteiger partial charge in [-0.25, -0.2) is 13.9 Å². The van der Waals surface area contributed by atoms with E-state index < -0.39 is 24.1 Å². The van der Waals surface area contributed by atoms with Gasteiger partial charge in [0.05, 0.1) is 29.7 Å². The minimum atomic E-state index is -2.39. The number of likely N-dealkylation sites (tertiary alicyclic amines) is 1. The van der Waals surface area contributed by atoms with Crippen LogP contribution >= 0.6 is 11.6 Å². The molecule has 1 aliphatic rings. The normalized spacial score (nSPS) is 20.0. The number of benzene rings is 1. The van der Waals surface area contributed by atoms with Gasteiger partial charge in [0.2, 0.25) is 5.67 Å². The Labute approximate surface area is 155 Å². The molecule has 0 spiro atoms. The maximum Gasteiger partial charge on any atom is 0.343 e. The van der Waals surface area contributed by atoms with Crippen LogP contribution in [0.4, 0.5) is 4.39 Å². The van der Waals surface area contributed by atoms with Gasteiger partial charge in [0.25, 0.3) is 5.91 Å². The van der Waals surface area contributed by atoms with E-state index in [1.165, 1.54) is 11.1 Å². The standard InChI is InChI=1S/C18H19ClFN3O3/c1-11(2)15-14(9-21-23(15)13-5-3-12(19)4-6-13)16(24)22-8-7-18(20,10-22)17(25)26/h3-6,9,11H,7-8,10H2,1-2H3,(H,25,26). The van der Waals surface area contributed by atoms with Gasteiger partial charge in [0, 0.05) is 18.0 Å². The number of carbonyl (C=O) groups is 2. The van der Waals surface area contributed by atoms with E-state index in [1.807, 2.05) is 13.8 Å². The van der Waals surface area contributed by atoms with E-state index in [1.54, 1.807) is 28.9 Å². The van der Waals surface area contributed by atoms with Crippen LogP contribution in [0, 0.1) is 0 Å². The fourth-order valence-corrected chi connectivity index (χ4v) is 3.28. The molecule has 1 atom stereocenters. The molecule has 3 rings (SSSR count). The molecule has 1 fully saturated rings. The predicted octanol–water partition coefficient (Wildman–Crippen LogP) is 3.29. The summed E-state index contributed by atoms with van der Waals surface area (Å²) in [4.78, 5) is 25.2. The smallest absolute Gasteiger partial charge is 0.343 e. The largest absolute Gasteiger partial charge is 0.479 e. The summed E-state index contributed by atoms with van der Waals surface area (Å²) in [7, 11) is 0. The molecule has 1 aromatic carbocycles. The first kappa shape index (κ1) is 18.4. The van der Waals surface area contributed by atoms with Gasteiger partial charge in [-0.2, -0.15) is 5.10 Å². The lowest BCUT2D eigenvalue weighted by Crippen LogP contribution is -2.39. The second-order valence-corrected chi connectivity index (χ2v) is 7.17. The molecule has 1 N–H and O–H groups in total. The van der Waals surface area contributed by atoms with Crippen molar-refractivity contribution >= 4 is 23.5 Å². The van der Waals surface area contributed by atoms with Crippen molar-refractivity contribution in [2.24, 2.45) is 0 Å². The fraction of sp³-hybridized carbons (Fsp3) is 0.389. The molecule has 0 bridgehead atoms. The molecule has 1 unspecified atom stereocenters. The Morgan fingerprint density at radius 2 is 1.96 bits per heavy atom. The van der Waals surface area contributed by atoms with Gasteiger partial charge in [0.1, 0.15) is 0 Å². The van der Waals surface area contributed by atoms with Gasteiger partial charge in [-0.1, -0.05) is 25.4 Å². The maximum absolute atomic E-state index is 14.3. The van der Waals surface area contributed by atoms with Crippen LogP contribution < -0.4 is 0 Å². The lowest BCUT2D eigenvalue weighted by atomic mass is 10.0. The number of hydrogen-bond donors (Lipinski definition) is 1. The number of aromatic nitrogens is 2. The Kier molecular flexibility index (Phi) is 4.75. The highest BCUT2D eigenvalue weighted by Crippen LogP contribution is 2.30. The van der Waals surface area contributed by atoms with Crippen LogP contribution in [0.3, 0.4) is 0 Å². The Hall–Kier alpha value is -2.41. The van der Waals surface area contributed by atoms with Crippen LogP contribution in [0.15, 0.2) is 30.5 Å². The first-order valence-electron chi connectivity index (χ1n) is 8.28. The van der Waals surface area contributed by atoms with Crippen molar-refractivity contribution in [1.82, 2.24) is 14.7 Å². The third kappa shape index (κ3) is 3.19. The number of carboxylic acids is 1. The van der Waals surface area contributed by atoms with E-state index >= 15 is 0 Å². The van der Waals surface area contributed by atoms with Crippen molar-refractivity contribution in [1.29, 1.82) is 0 Å². The van der Waals surface area contributed by atoms with Crippen LogP contribution in [-0.4, -0.2) is 50.4 Å². The van der Waals surface area contributed by atoms with E-state index in [2.05, 4.69) is 5.10 Å². The summed E-state index contributed by atoms with van der Waals surface area (Å²) in [6.45, 7) is 3.47. The zero-order valence-corrected chi connectivity index (χ0v) is 15.2. The average Bonchev–Trinajstić information content (AvgIpc) is 3.20. The third-order valence-corrected chi connectivity index (χ3v) is 4.80. The summed E-state index contributed by atoms with van der Waals surface area (Å²) in [6.07, 6.45) is 1.24.